The fraction of sp³-hybridized carbons (Fsp3) is 0.500. The lowest BCUT2D eigenvalue weighted by atomic mass is 10.1. The molecule has 1 fully saturated rings. The largest absolute Gasteiger partial charge is 0.439 e. The lowest BCUT2D eigenvalue weighted by Crippen LogP contribution is -2.39. The highest BCUT2D eigenvalue weighted by Gasteiger charge is 2.25. The zero-order valence-corrected chi connectivity index (χ0v) is 15.9. The minimum atomic E-state index is 0.519. The third-order valence-corrected chi connectivity index (χ3v) is 4.64. The van der Waals surface area contributed by atoms with Crippen LogP contribution in [-0.4, -0.2) is 49.2 Å². The van der Waals surface area contributed by atoms with Gasteiger partial charge in [-0.05, 0) is 20.3 Å². The number of oxazole rings is 1. The van der Waals surface area contributed by atoms with Gasteiger partial charge in [-0.25, -0.2) is 4.98 Å². The van der Waals surface area contributed by atoms with Crippen LogP contribution >= 0.6 is 0 Å². The van der Waals surface area contributed by atoms with Gasteiger partial charge in [0.15, 0.2) is 11.7 Å². The summed E-state index contributed by atoms with van der Waals surface area (Å²) in [5.41, 5.74) is 2.27. The molecule has 6 heteroatoms. The van der Waals surface area contributed by atoms with E-state index < -0.39 is 0 Å². The Morgan fingerprint density at radius 2 is 2.19 bits per heavy atom. The Balaban J connectivity index is 1.54. The third-order valence-electron chi connectivity index (χ3n) is 4.64. The van der Waals surface area contributed by atoms with Crippen LogP contribution in [0.25, 0.3) is 11.3 Å². The van der Waals surface area contributed by atoms with Gasteiger partial charge in [0.05, 0.1) is 19.3 Å². The maximum absolute atomic E-state index is 5.87. The van der Waals surface area contributed by atoms with E-state index in [0.29, 0.717) is 18.4 Å². The summed E-state index contributed by atoms with van der Waals surface area (Å²) in [7, 11) is 1.81. The zero-order chi connectivity index (χ0) is 18.4. The maximum atomic E-state index is 5.87. The summed E-state index contributed by atoms with van der Waals surface area (Å²) in [6.45, 7) is 8.19. The van der Waals surface area contributed by atoms with E-state index >= 15 is 0 Å². The molecule has 0 bridgehead atoms. The predicted molar refractivity (Wildman–Crippen MR) is 103 cm³/mol. The number of nitrogens with zero attached hydrogens (tertiary/aromatic N) is 3. The molecule has 0 amide bonds. The molecule has 1 saturated heterocycles. The fourth-order valence-corrected chi connectivity index (χ4v) is 3.18. The number of nitrogens with one attached hydrogen (secondary N) is 1. The molecule has 0 radical (unpaired) electrons. The van der Waals surface area contributed by atoms with E-state index in [4.69, 9.17) is 9.15 Å². The van der Waals surface area contributed by atoms with Crippen LogP contribution in [0.15, 0.2) is 39.9 Å². The number of guanidine groups is 1. The van der Waals surface area contributed by atoms with Gasteiger partial charge in [0.25, 0.3) is 0 Å². The van der Waals surface area contributed by atoms with Crippen molar-refractivity contribution in [1.82, 2.24) is 15.2 Å². The number of aromatic nitrogens is 1. The Hall–Kier alpha value is -2.34. The minimum Gasteiger partial charge on any atom is -0.439 e. The highest BCUT2D eigenvalue weighted by Crippen LogP contribution is 2.21. The summed E-state index contributed by atoms with van der Waals surface area (Å²) in [5.74, 6) is 2.91. The second-order valence-corrected chi connectivity index (χ2v) is 6.65. The van der Waals surface area contributed by atoms with Crippen molar-refractivity contribution in [3.8, 4) is 11.3 Å². The van der Waals surface area contributed by atoms with E-state index in [1.54, 1.807) is 6.20 Å². The first kappa shape index (κ1) is 18.5. The number of aliphatic imine (C=N–C) groups is 1. The molecule has 2 aromatic rings. The summed E-state index contributed by atoms with van der Waals surface area (Å²) < 4.78 is 11.4. The SMILES string of the molecule is CCOCC1CCN(C(=NC)NCc2ncc(-c3ccc(C)cc3)o2)C1. The Morgan fingerprint density at radius 3 is 2.92 bits per heavy atom. The van der Waals surface area contributed by atoms with Gasteiger partial charge >= 0.3 is 0 Å². The van der Waals surface area contributed by atoms with E-state index in [1.807, 2.05) is 14.0 Å². The third kappa shape index (κ3) is 4.64. The summed E-state index contributed by atoms with van der Waals surface area (Å²) in [6.07, 6.45) is 2.91. The van der Waals surface area contributed by atoms with Crippen molar-refractivity contribution in [3.05, 3.63) is 41.9 Å². The molecule has 140 valence electrons. The molecule has 1 N–H and O–H groups in total. The molecular formula is C20H28N4O2. The van der Waals surface area contributed by atoms with Crippen molar-refractivity contribution in [2.45, 2.75) is 26.8 Å². The van der Waals surface area contributed by atoms with Gasteiger partial charge in [-0.1, -0.05) is 29.8 Å². The zero-order valence-electron chi connectivity index (χ0n) is 15.9. The van der Waals surface area contributed by atoms with Gasteiger partial charge in [-0.2, -0.15) is 0 Å². The Morgan fingerprint density at radius 1 is 1.38 bits per heavy atom. The fourth-order valence-electron chi connectivity index (χ4n) is 3.18. The van der Waals surface area contributed by atoms with Gasteiger partial charge in [-0.3, -0.25) is 4.99 Å². The predicted octanol–water partition coefficient (Wildman–Crippen LogP) is 3.08. The van der Waals surface area contributed by atoms with E-state index in [0.717, 1.165) is 50.0 Å². The smallest absolute Gasteiger partial charge is 0.214 e. The molecule has 1 atom stereocenters. The summed E-state index contributed by atoms with van der Waals surface area (Å²) in [5, 5.41) is 3.36. The number of benzene rings is 1. The number of rotatable bonds is 6. The van der Waals surface area contributed by atoms with Crippen molar-refractivity contribution in [2.75, 3.05) is 33.4 Å². The number of aryl methyl sites for hydroxylation is 1. The normalized spacial score (nSPS) is 17.7. The van der Waals surface area contributed by atoms with Crippen molar-refractivity contribution in [3.63, 3.8) is 0 Å². The standard InChI is InChI=1S/C20H28N4O2/c1-4-25-14-16-9-10-24(13-16)20(21-3)23-12-19-22-11-18(26-19)17-7-5-15(2)6-8-17/h5-8,11,16H,4,9-10,12-14H2,1-3H3,(H,21,23). The van der Waals surface area contributed by atoms with Gasteiger partial charge < -0.3 is 19.4 Å². The van der Waals surface area contributed by atoms with Gasteiger partial charge in [0, 0.05) is 38.2 Å². The summed E-state index contributed by atoms with van der Waals surface area (Å²) in [4.78, 5) is 11.0. The quantitative estimate of drug-likeness (QED) is 0.637. The second-order valence-electron chi connectivity index (χ2n) is 6.65. The van der Waals surface area contributed by atoms with Crippen molar-refractivity contribution < 1.29 is 9.15 Å². The van der Waals surface area contributed by atoms with E-state index in [9.17, 15) is 0 Å². The maximum Gasteiger partial charge on any atom is 0.214 e. The van der Waals surface area contributed by atoms with Crippen molar-refractivity contribution in [2.24, 2.45) is 10.9 Å². The highest BCUT2D eigenvalue weighted by molar-refractivity contribution is 5.80. The van der Waals surface area contributed by atoms with Crippen LogP contribution in [-0.2, 0) is 11.3 Å². The monoisotopic (exact) mass is 356 g/mol. The van der Waals surface area contributed by atoms with Crippen LogP contribution in [0.4, 0.5) is 0 Å². The van der Waals surface area contributed by atoms with E-state index in [1.165, 1.54) is 5.56 Å². The Kier molecular flexibility index (Phi) is 6.28. The van der Waals surface area contributed by atoms with Gasteiger partial charge in [-0.15, -0.1) is 0 Å². The van der Waals surface area contributed by atoms with E-state index in [-0.39, 0.29) is 0 Å². The molecule has 1 aromatic heterocycles. The van der Waals surface area contributed by atoms with Crippen LogP contribution in [0.5, 0.6) is 0 Å². The molecule has 2 heterocycles. The Bertz CT molecular complexity index is 724. The van der Waals surface area contributed by atoms with E-state index in [2.05, 4.69) is 51.4 Å². The molecule has 26 heavy (non-hydrogen) atoms. The van der Waals surface area contributed by atoms with Crippen LogP contribution in [0, 0.1) is 12.8 Å². The van der Waals surface area contributed by atoms with Gasteiger partial charge in [0.1, 0.15) is 0 Å². The number of ether oxygens (including phenoxy) is 1. The number of hydrogen-bond donors (Lipinski definition) is 1. The first-order valence-electron chi connectivity index (χ1n) is 9.24. The molecule has 1 aliphatic heterocycles. The Labute approximate surface area is 155 Å². The lowest BCUT2D eigenvalue weighted by molar-refractivity contribution is 0.114. The average Bonchev–Trinajstić information content (AvgIpc) is 3.31. The van der Waals surface area contributed by atoms with Crippen molar-refractivity contribution >= 4 is 5.96 Å². The molecule has 0 aliphatic carbocycles. The minimum absolute atomic E-state index is 0.519. The highest BCUT2D eigenvalue weighted by atomic mass is 16.5. The topological polar surface area (TPSA) is 62.9 Å². The number of likely N-dealkylation sites (tertiary alicyclic amines) is 1. The van der Waals surface area contributed by atoms with Crippen LogP contribution in [0.1, 0.15) is 24.8 Å². The first-order valence-corrected chi connectivity index (χ1v) is 9.24. The van der Waals surface area contributed by atoms with Crippen LogP contribution < -0.4 is 5.32 Å². The molecule has 0 saturated carbocycles. The molecule has 3 rings (SSSR count). The number of hydrogen-bond acceptors (Lipinski definition) is 4. The molecular weight excluding hydrogens is 328 g/mol. The van der Waals surface area contributed by atoms with Gasteiger partial charge in [0.2, 0.25) is 5.89 Å². The molecule has 0 spiro atoms. The first-order chi connectivity index (χ1) is 12.7. The molecule has 1 unspecified atom stereocenters. The molecule has 1 aromatic carbocycles. The second kappa shape index (κ2) is 8.85. The lowest BCUT2D eigenvalue weighted by Gasteiger charge is -2.21. The van der Waals surface area contributed by atoms with Crippen LogP contribution in [0.2, 0.25) is 0 Å². The summed E-state index contributed by atoms with van der Waals surface area (Å²) >= 11 is 0. The summed E-state index contributed by atoms with van der Waals surface area (Å²) in [6, 6.07) is 8.25. The van der Waals surface area contributed by atoms with Crippen LogP contribution in [0.3, 0.4) is 0 Å². The molecule has 6 nitrogen and oxygen atoms in total. The van der Waals surface area contributed by atoms with Crippen molar-refractivity contribution in [1.29, 1.82) is 0 Å². The average molecular weight is 356 g/mol. The molecule has 1 aliphatic rings.